The Morgan fingerprint density at radius 2 is 1.88 bits per heavy atom. The third-order valence-corrected chi connectivity index (χ3v) is 7.59. The number of nitrogens with zero attached hydrogens (tertiary/aromatic N) is 1. The van der Waals surface area contributed by atoms with Gasteiger partial charge in [0.05, 0.1) is 17.5 Å². The molecule has 4 rings (SSSR count). The number of rotatable bonds is 5. The van der Waals surface area contributed by atoms with E-state index in [-0.39, 0.29) is 5.56 Å². The smallest absolute Gasteiger partial charge is 0.308 e. The molecule has 1 heterocycles. The molecule has 2 aromatic rings. The Kier molecular flexibility index (Phi) is 7.02. The molecule has 2 aliphatic rings. The molecular formula is C25H28FIN2O3. The zero-order valence-corrected chi connectivity index (χ0v) is 20.3. The van der Waals surface area contributed by atoms with Crippen molar-refractivity contribution in [3.05, 3.63) is 62.5 Å². The molecule has 1 amide bonds. The predicted octanol–water partition coefficient (Wildman–Crippen LogP) is 5.77. The first kappa shape index (κ1) is 23.0. The number of hydrogen-bond acceptors (Lipinski definition) is 3. The average Bonchev–Trinajstić information content (AvgIpc) is 3.27. The molecule has 1 saturated heterocycles. The number of anilines is 1. The molecule has 32 heavy (non-hydrogen) atoms. The average molecular weight is 550 g/mol. The second kappa shape index (κ2) is 9.77. The zero-order chi connectivity index (χ0) is 22.8. The first-order chi connectivity index (χ1) is 15.4. The Labute approximate surface area is 201 Å². The molecule has 2 fully saturated rings. The van der Waals surface area contributed by atoms with Gasteiger partial charge in [-0.3, -0.25) is 9.59 Å². The number of piperidine rings is 1. The van der Waals surface area contributed by atoms with E-state index in [4.69, 9.17) is 0 Å². The molecule has 5 nitrogen and oxygen atoms in total. The molecule has 7 heteroatoms. The monoisotopic (exact) mass is 550 g/mol. The standard InChI is InChI=1S/C25H28FIN2O3/c1-15-6-4-10-19(26)22(15)24(30)29-13-5-9-18(25(31)32)23(29)16-11-12-21(20(27)14-16)28-17-7-2-3-8-17/h4,6,10-12,14,17-18,23,28H,2-3,5,7-9,13H2,1H3,(H,31,32)/t18?,23-/m0/s1. The Hall–Kier alpha value is -2.16. The number of likely N-dealkylation sites (tertiary alicyclic amines) is 1. The van der Waals surface area contributed by atoms with Crippen molar-refractivity contribution >= 4 is 40.2 Å². The van der Waals surface area contributed by atoms with Gasteiger partial charge in [-0.1, -0.05) is 31.0 Å². The van der Waals surface area contributed by atoms with Crippen LogP contribution in [0.15, 0.2) is 36.4 Å². The Morgan fingerprint density at radius 1 is 1.12 bits per heavy atom. The van der Waals surface area contributed by atoms with Gasteiger partial charge in [0.25, 0.3) is 5.91 Å². The molecule has 0 radical (unpaired) electrons. The lowest BCUT2D eigenvalue weighted by atomic mass is 9.84. The molecule has 1 aliphatic carbocycles. The third kappa shape index (κ3) is 4.63. The fourth-order valence-corrected chi connectivity index (χ4v) is 5.76. The summed E-state index contributed by atoms with van der Waals surface area (Å²) < 4.78 is 15.6. The molecule has 0 spiro atoms. The maximum Gasteiger partial charge on any atom is 0.308 e. The van der Waals surface area contributed by atoms with Gasteiger partial charge in [0, 0.05) is 21.8 Å². The maximum atomic E-state index is 14.6. The van der Waals surface area contributed by atoms with E-state index in [0.29, 0.717) is 31.0 Å². The largest absolute Gasteiger partial charge is 0.481 e. The van der Waals surface area contributed by atoms with Crippen molar-refractivity contribution in [1.29, 1.82) is 0 Å². The van der Waals surface area contributed by atoms with E-state index in [0.717, 1.165) is 27.7 Å². The number of amides is 1. The van der Waals surface area contributed by atoms with E-state index >= 15 is 0 Å². The summed E-state index contributed by atoms with van der Waals surface area (Å²) in [5.41, 5.74) is 2.39. The van der Waals surface area contributed by atoms with Crippen molar-refractivity contribution in [3.8, 4) is 0 Å². The minimum absolute atomic E-state index is 0.0257. The number of carboxylic acids is 1. The lowest BCUT2D eigenvalue weighted by molar-refractivity contribution is -0.145. The van der Waals surface area contributed by atoms with Crippen molar-refractivity contribution in [3.63, 3.8) is 0 Å². The van der Waals surface area contributed by atoms with Gasteiger partial charge in [-0.15, -0.1) is 0 Å². The van der Waals surface area contributed by atoms with E-state index in [1.54, 1.807) is 24.0 Å². The van der Waals surface area contributed by atoms with Gasteiger partial charge >= 0.3 is 5.97 Å². The van der Waals surface area contributed by atoms with Gasteiger partial charge in [-0.2, -0.15) is 0 Å². The van der Waals surface area contributed by atoms with E-state index in [1.807, 2.05) is 18.2 Å². The van der Waals surface area contributed by atoms with E-state index in [9.17, 15) is 19.1 Å². The Morgan fingerprint density at radius 3 is 2.53 bits per heavy atom. The lowest BCUT2D eigenvalue weighted by Crippen LogP contribution is -2.45. The summed E-state index contributed by atoms with van der Waals surface area (Å²) in [4.78, 5) is 27.1. The van der Waals surface area contributed by atoms with E-state index in [2.05, 4.69) is 27.9 Å². The van der Waals surface area contributed by atoms with Gasteiger partial charge in [-0.05, 0) is 84.5 Å². The van der Waals surface area contributed by atoms with E-state index < -0.39 is 29.7 Å². The SMILES string of the molecule is Cc1cccc(F)c1C(=O)N1CCCC(C(=O)O)[C@@H]1c1ccc(NC2CCCC2)c(I)c1. The topological polar surface area (TPSA) is 69.6 Å². The summed E-state index contributed by atoms with van der Waals surface area (Å²) in [5.74, 6) is -2.68. The molecule has 2 N–H and O–H groups in total. The van der Waals surface area contributed by atoms with E-state index in [1.165, 1.54) is 18.9 Å². The third-order valence-electron chi connectivity index (χ3n) is 6.69. The van der Waals surface area contributed by atoms with Crippen molar-refractivity contribution in [2.24, 2.45) is 5.92 Å². The van der Waals surface area contributed by atoms with Crippen LogP contribution in [0.1, 0.15) is 66.1 Å². The number of carbonyl (C=O) groups excluding carboxylic acids is 1. The van der Waals surface area contributed by atoms with Crippen molar-refractivity contribution < 1.29 is 19.1 Å². The molecule has 2 atom stereocenters. The fourth-order valence-electron chi connectivity index (χ4n) is 5.06. The summed E-state index contributed by atoms with van der Waals surface area (Å²) >= 11 is 2.27. The number of nitrogens with one attached hydrogen (secondary N) is 1. The first-order valence-corrected chi connectivity index (χ1v) is 12.3. The van der Waals surface area contributed by atoms with Gasteiger partial charge in [0.15, 0.2) is 0 Å². The van der Waals surface area contributed by atoms with Crippen LogP contribution in [-0.2, 0) is 4.79 Å². The van der Waals surface area contributed by atoms with Crippen LogP contribution in [0.4, 0.5) is 10.1 Å². The van der Waals surface area contributed by atoms with Crippen LogP contribution in [-0.4, -0.2) is 34.5 Å². The highest BCUT2D eigenvalue weighted by atomic mass is 127. The van der Waals surface area contributed by atoms with Crippen molar-refractivity contribution in [1.82, 2.24) is 4.90 Å². The molecular weight excluding hydrogens is 522 g/mol. The van der Waals surface area contributed by atoms with Gasteiger partial charge < -0.3 is 15.3 Å². The van der Waals surface area contributed by atoms with Crippen molar-refractivity contribution in [2.45, 2.75) is 57.5 Å². The second-order valence-corrected chi connectivity index (χ2v) is 9.99. The summed E-state index contributed by atoms with van der Waals surface area (Å²) in [7, 11) is 0. The quantitative estimate of drug-likeness (QED) is 0.464. The maximum absolute atomic E-state index is 14.6. The molecule has 1 aliphatic heterocycles. The zero-order valence-electron chi connectivity index (χ0n) is 18.1. The van der Waals surface area contributed by atoms with Crippen molar-refractivity contribution in [2.75, 3.05) is 11.9 Å². The van der Waals surface area contributed by atoms with Gasteiger partial charge in [0.1, 0.15) is 5.82 Å². The molecule has 0 bridgehead atoms. The van der Waals surface area contributed by atoms with Crippen LogP contribution < -0.4 is 5.32 Å². The summed E-state index contributed by atoms with van der Waals surface area (Å²) in [6, 6.07) is 10.3. The Bertz CT molecular complexity index is 1000. The number of benzene rings is 2. The van der Waals surface area contributed by atoms with Crippen LogP contribution in [0.2, 0.25) is 0 Å². The normalized spacial score (nSPS) is 21.5. The second-order valence-electron chi connectivity index (χ2n) is 8.83. The molecule has 2 aromatic carbocycles. The number of aryl methyl sites for hydroxylation is 1. The molecule has 1 unspecified atom stereocenters. The highest BCUT2D eigenvalue weighted by Gasteiger charge is 2.40. The predicted molar refractivity (Wildman–Crippen MR) is 130 cm³/mol. The lowest BCUT2D eigenvalue weighted by Gasteiger charge is -2.40. The number of halogens is 2. The number of hydrogen-bond donors (Lipinski definition) is 2. The molecule has 1 saturated carbocycles. The fraction of sp³-hybridized carbons (Fsp3) is 0.440. The summed E-state index contributed by atoms with van der Waals surface area (Å²) in [6.07, 6.45) is 5.85. The van der Waals surface area contributed by atoms with Crippen LogP contribution in [0.5, 0.6) is 0 Å². The van der Waals surface area contributed by atoms with Gasteiger partial charge in [0.2, 0.25) is 0 Å². The first-order valence-electron chi connectivity index (χ1n) is 11.2. The number of carbonyl (C=O) groups is 2. The van der Waals surface area contributed by atoms with Crippen LogP contribution >= 0.6 is 22.6 Å². The number of aliphatic carboxylic acids is 1. The Balaban J connectivity index is 1.69. The highest BCUT2D eigenvalue weighted by Crippen LogP contribution is 2.39. The molecule has 0 aromatic heterocycles. The van der Waals surface area contributed by atoms with Gasteiger partial charge in [-0.25, -0.2) is 4.39 Å². The minimum Gasteiger partial charge on any atom is -0.481 e. The molecule has 170 valence electrons. The highest BCUT2D eigenvalue weighted by molar-refractivity contribution is 14.1. The van der Waals surface area contributed by atoms with Crippen LogP contribution in [0.25, 0.3) is 0 Å². The minimum atomic E-state index is -0.930. The summed E-state index contributed by atoms with van der Waals surface area (Å²) in [5, 5.41) is 13.5. The van der Waals surface area contributed by atoms with Crippen LogP contribution in [0.3, 0.4) is 0 Å². The summed E-state index contributed by atoms with van der Waals surface area (Å²) in [6.45, 7) is 2.11. The van der Waals surface area contributed by atoms with Crippen LogP contribution in [0, 0.1) is 22.2 Å². The number of carboxylic acid groups (broad SMARTS) is 1.